The molecule has 5 heteroatoms. The Kier molecular flexibility index (Phi) is 6.80. The molecule has 0 bridgehead atoms. The van der Waals surface area contributed by atoms with Gasteiger partial charge in [0.1, 0.15) is 0 Å². The van der Waals surface area contributed by atoms with E-state index in [2.05, 4.69) is 10.3 Å². The van der Waals surface area contributed by atoms with Gasteiger partial charge in [0.05, 0.1) is 11.7 Å². The molecule has 0 spiro atoms. The van der Waals surface area contributed by atoms with Crippen LogP contribution in [0.4, 0.5) is 0 Å². The van der Waals surface area contributed by atoms with Gasteiger partial charge in [-0.15, -0.1) is 0 Å². The van der Waals surface area contributed by atoms with Gasteiger partial charge in [-0.1, -0.05) is 6.07 Å². The van der Waals surface area contributed by atoms with E-state index in [0.717, 1.165) is 5.69 Å². The molecule has 0 aromatic carbocycles. The molecule has 4 nitrogen and oxygen atoms in total. The van der Waals surface area contributed by atoms with Crippen molar-refractivity contribution in [2.75, 3.05) is 6.54 Å². The molecule has 13 heavy (non-hydrogen) atoms. The number of aromatic nitrogens is 1. The number of carboxylic acids is 1. The van der Waals surface area contributed by atoms with Crippen LogP contribution < -0.4 is 40.0 Å². The number of pyridine rings is 1. The second kappa shape index (κ2) is 7.03. The van der Waals surface area contributed by atoms with Crippen LogP contribution in [-0.2, 0) is 11.3 Å². The molecule has 64 valence electrons. The maximum atomic E-state index is 10.00. The Morgan fingerprint density at radius 2 is 2.31 bits per heavy atom. The average molecular weight is 188 g/mol. The Bertz CT molecular complexity index is 254. The Morgan fingerprint density at radius 1 is 1.54 bits per heavy atom. The van der Waals surface area contributed by atoms with Gasteiger partial charge in [-0.2, -0.15) is 0 Å². The second-order valence-electron chi connectivity index (χ2n) is 2.30. The van der Waals surface area contributed by atoms with Crippen LogP contribution in [0.25, 0.3) is 0 Å². The zero-order valence-corrected chi connectivity index (χ0v) is 9.49. The molecule has 1 aromatic rings. The van der Waals surface area contributed by atoms with E-state index in [1.807, 2.05) is 18.2 Å². The van der Waals surface area contributed by atoms with E-state index < -0.39 is 5.97 Å². The Balaban J connectivity index is 0.00000144. The third-order valence-corrected chi connectivity index (χ3v) is 1.30. The smallest absolute Gasteiger partial charge is 0.549 e. The molecular formula is C8H9N2NaO2. The van der Waals surface area contributed by atoms with E-state index in [-0.39, 0.29) is 36.1 Å². The fourth-order valence-electron chi connectivity index (χ4n) is 0.795. The fraction of sp³-hybridized carbons (Fsp3) is 0.250. The molecule has 0 radical (unpaired) electrons. The van der Waals surface area contributed by atoms with Gasteiger partial charge < -0.3 is 15.2 Å². The van der Waals surface area contributed by atoms with E-state index in [4.69, 9.17) is 0 Å². The van der Waals surface area contributed by atoms with Crippen LogP contribution in [0.3, 0.4) is 0 Å². The summed E-state index contributed by atoms with van der Waals surface area (Å²) in [6, 6.07) is 5.48. The molecule has 0 amide bonds. The molecule has 0 aliphatic carbocycles. The zero-order chi connectivity index (χ0) is 8.81. The van der Waals surface area contributed by atoms with Gasteiger partial charge in [-0.3, -0.25) is 4.98 Å². The van der Waals surface area contributed by atoms with Gasteiger partial charge >= 0.3 is 29.6 Å². The number of rotatable bonds is 4. The second-order valence-corrected chi connectivity index (χ2v) is 2.30. The largest absolute Gasteiger partial charge is 1.00 e. The van der Waals surface area contributed by atoms with Crippen molar-refractivity contribution >= 4 is 5.97 Å². The molecule has 1 rings (SSSR count). The number of nitrogens with zero attached hydrogens (tertiary/aromatic N) is 1. The molecule has 0 atom stereocenters. The van der Waals surface area contributed by atoms with Crippen molar-refractivity contribution in [3.05, 3.63) is 30.1 Å². The summed E-state index contributed by atoms with van der Waals surface area (Å²) in [4.78, 5) is 14.0. The molecule has 0 saturated heterocycles. The predicted molar refractivity (Wildman–Crippen MR) is 41.0 cm³/mol. The van der Waals surface area contributed by atoms with Gasteiger partial charge in [0.15, 0.2) is 0 Å². The summed E-state index contributed by atoms with van der Waals surface area (Å²) < 4.78 is 0. The van der Waals surface area contributed by atoms with E-state index in [1.165, 1.54) is 0 Å². The van der Waals surface area contributed by atoms with Gasteiger partial charge in [-0.05, 0) is 12.1 Å². The molecule has 0 unspecified atom stereocenters. The molecule has 0 aliphatic heterocycles. The maximum absolute atomic E-state index is 10.00. The first-order chi connectivity index (χ1) is 5.79. The van der Waals surface area contributed by atoms with Crippen LogP contribution >= 0.6 is 0 Å². The Morgan fingerprint density at radius 3 is 2.85 bits per heavy atom. The number of hydrogen-bond acceptors (Lipinski definition) is 4. The van der Waals surface area contributed by atoms with E-state index in [9.17, 15) is 9.90 Å². The molecule has 1 heterocycles. The van der Waals surface area contributed by atoms with Crippen LogP contribution in [0.2, 0.25) is 0 Å². The minimum absolute atomic E-state index is 0. The van der Waals surface area contributed by atoms with Gasteiger partial charge in [0.25, 0.3) is 0 Å². The molecule has 1 aromatic heterocycles. The number of carbonyl (C=O) groups is 1. The van der Waals surface area contributed by atoms with Crippen LogP contribution in [0.1, 0.15) is 5.69 Å². The average Bonchev–Trinajstić information content (AvgIpc) is 2.05. The van der Waals surface area contributed by atoms with Crippen molar-refractivity contribution in [3.8, 4) is 0 Å². The van der Waals surface area contributed by atoms with Crippen LogP contribution in [0.5, 0.6) is 0 Å². The minimum Gasteiger partial charge on any atom is -0.549 e. The topological polar surface area (TPSA) is 65.0 Å². The van der Waals surface area contributed by atoms with Crippen molar-refractivity contribution < 1.29 is 39.5 Å². The molecular weight excluding hydrogens is 179 g/mol. The number of hydrogen-bond donors (Lipinski definition) is 1. The summed E-state index contributed by atoms with van der Waals surface area (Å²) in [5, 5.41) is 12.7. The van der Waals surface area contributed by atoms with Gasteiger partial charge in [-0.25, -0.2) is 0 Å². The van der Waals surface area contributed by atoms with E-state index in [1.54, 1.807) is 6.20 Å². The quantitative estimate of drug-likeness (QED) is 0.488. The molecule has 1 N–H and O–H groups in total. The summed E-state index contributed by atoms with van der Waals surface area (Å²) in [6.45, 7) is 0.311. The summed E-state index contributed by atoms with van der Waals surface area (Å²) >= 11 is 0. The Hall–Kier alpha value is -0.420. The van der Waals surface area contributed by atoms with Crippen LogP contribution in [-0.4, -0.2) is 17.5 Å². The Labute approximate surface area is 98.7 Å². The van der Waals surface area contributed by atoms with Crippen LogP contribution in [0, 0.1) is 0 Å². The number of nitrogens with one attached hydrogen (secondary N) is 1. The van der Waals surface area contributed by atoms with E-state index in [0.29, 0.717) is 6.54 Å². The minimum atomic E-state index is -1.11. The first kappa shape index (κ1) is 12.6. The standard InChI is InChI=1S/C8H10N2O2.Na/c11-8(12)6-9-5-7-3-1-2-4-10-7;/h1-4,9H,5-6H2,(H,11,12);/q;+1/p-1. The number of carboxylic acid groups (broad SMARTS) is 1. The van der Waals surface area contributed by atoms with E-state index >= 15 is 0 Å². The first-order valence-corrected chi connectivity index (χ1v) is 3.59. The number of carbonyl (C=O) groups excluding carboxylic acids is 1. The monoisotopic (exact) mass is 188 g/mol. The fourth-order valence-corrected chi connectivity index (χ4v) is 0.795. The van der Waals surface area contributed by atoms with Crippen molar-refractivity contribution in [2.45, 2.75) is 6.54 Å². The summed E-state index contributed by atoms with van der Waals surface area (Å²) in [5.41, 5.74) is 0.818. The third-order valence-electron chi connectivity index (χ3n) is 1.30. The van der Waals surface area contributed by atoms with Crippen molar-refractivity contribution in [1.29, 1.82) is 0 Å². The molecule has 0 saturated carbocycles. The zero-order valence-electron chi connectivity index (χ0n) is 7.49. The SMILES string of the molecule is O=C([O-])CNCc1ccccn1.[Na+]. The normalized spacial score (nSPS) is 8.92. The summed E-state index contributed by atoms with van der Waals surface area (Å²) in [5.74, 6) is -1.11. The van der Waals surface area contributed by atoms with Crippen molar-refractivity contribution in [3.63, 3.8) is 0 Å². The summed E-state index contributed by atoms with van der Waals surface area (Å²) in [6.07, 6.45) is 1.66. The molecule has 0 aliphatic rings. The van der Waals surface area contributed by atoms with Crippen LogP contribution in [0.15, 0.2) is 24.4 Å². The van der Waals surface area contributed by atoms with Gasteiger partial charge in [0.2, 0.25) is 0 Å². The maximum Gasteiger partial charge on any atom is 1.00 e. The van der Waals surface area contributed by atoms with Crippen molar-refractivity contribution in [2.24, 2.45) is 0 Å². The first-order valence-electron chi connectivity index (χ1n) is 3.59. The van der Waals surface area contributed by atoms with Gasteiger partial charge in [0, 0.05) is 19.3 Å². The molecule has 0 fully saturated rings. The third kappa shape index (κ3) is 5.76. The van der Waals surface area contributed by atoms with Crippen molar-refractivity contribution in [1.82, 2.24) is 10.3 Å². The number of aliphatic carboxylic acids is 1. The predicted octanol–water partition coefficient (Wildman–Crippen LogP) is -4.07. The summed E-state index contributed by atoms with van der Waals surface area (Å²) in [7, 11) is 0.